The van der Waals surface area contributed by atoms with Crippen LogP contribution in [0.5, 0.6) is 0 Å². The Morgan fingerprint density at radius 2 is 1.57 bits per heavy atom. The number of hydrogen-bond donors (Lipinski definition) is 3. The predicted octanol–water partition coefficient (Wildman–Crippen LogP) is 2.58. The summed E-state index contributed by atoms with van der Waals surface area (Å²) in [5.41, 5.74) is 1.18. The first-order chi connectivity index (χ1) is 9.80. The zero-order valence-corrected chi connectivity index (χ0v) is 12.9. The number of amides is 2. The Morgan fingerprint density at radius 3 is 2.05 bits per heavy atom. The Balaban J connectivity index is 2.47. The molecule has 0 bridgehead atoms. The molecule has 0 aromatic heterocycles. The fourth-order valence-electron chi connectivity index (χ4n) is 1.47. The van der Waals surface area contributed by atoms with Gasteiger partial charge in [-0.05, 0) is 52.0 Å². The van der Waals surface area contributed by atoms with E-state index in [2.05, 4.69) is 16.0 Å². The van der Waals surface area contributed by atoms with Crippen molar-refractivity contribution in [2.24, 2.45) is 0 Å². The maximum atomic E-state index is 11.7. The molecule has 1 aromatic rings. The van der Waals surface area contributed by atoms with Gasteiger partial charge in [0.1, 0.15) is 0 Å². The Kier molecular flexibility index (Phi) is 6.17. The van der Waals surface area contributed by atoms with Crippen LogP contribution in [0.3, 0.4) is 0 Å². The van der Waals surface area contributed by atoms with Crippen molar-refractivity contribution in [1.82, 2.24) is 5.32 Å². The van der Waals surface area contributed by atoms with Gasteiger partial charge in [-0.3, -0.25) is 10.1 Å². The number of benzene rings is 1. The summed E-state index contributed by atoms with van der Waals surface area (Å²) in [5.74, 6) is -0.115. The molecule has 0 unspecified atom stereocenters. The number of carbonyl (C=O) groups excluding carboxylic acids is 2. The molecule has 3 N–H and O–H groups in total. The van der Waals surface area contributed by atoms with E-state index in [1.807, 2.05) is 20.8 Å². The van der Waals surface area contributed by atoms with E-state index in [4.69, 9.17) is 4.74 Å². The molecule has 0 saturated carbocycles. The van der Waals surface area contributed by atoms with Crippen molar-refractivity contribution in [3.63, 3.8) is 0 Å². The van der Waals surface area contributed by atoms with Crippen LogP contribution in [0.1, 0.15) is 27.7 Å². The van der Waals surface area contributed by atoms with Gasteiger partial charge in [-0.15, -0.1) is 0 Å². The second-order valence-electron chi connectivity index (χ2n) is 5.57. The topological polar surface area (TPSA) is 79.5 Å². The van der Waals surface area contributed by atoms with E-state index in [1.54, 1.807) is 31.2 Å². The number of hydrogen-bond acceptors (Lipinski definition) is 4. The summed E-state index contributed by atoms with van der Waals surface area (Å²) in [4.78, 5) is 23.0. The number of nitrogens with one attached hydrogen (secondary N) is 3. The van der Waals surface area contributed by atoms with Crippen molar-refractivity contribution in [2.75, 3.05) is 23.8 Å². The van der Waals surface area contributed by atoms with Crippen LogP contribution in [0, 0.1) is 0 Å². The lowest BCUT2D eigenvalue weighted by Crippen LogP contribution is -2.41. The van der Waals surface area contributed by atoms with Gasteiger partial charge in [0.15, 0.2) is 0 Å². The third kappa shape index (κ3) is 7.31. The smallest absolute Gasteiger partial charge is 0.411 e. The summed E-state index contributed by atoms with van der Waals surface area (Å²) in [5, 5.41) is 8.46. The molecular formula is C15H23N3O3. The standard InChI is InChI=1S/C15H23N3O3/c1-5-21-14(20)18-12-8-6-11(7-9-12)17-13(19)10-16-15(2,3)4/h6-9,16H,5,10H2,1-4H3,(H,17,19)(H,18,20). The molecule has 21 heavy (non-hydrogen) atoms. The van der Waals surface area contributed by atoms with Crippen molar-refractivity contribution in [3.05, 3.63) is 24.3 Å². The van der Waals surface area contributed by atoms with Crippen LogP contribution in [-0.4, -0.2) is 30.7 Å². The number of carbonyl (C=O) groups is 2. The maximum Gasteiger partial charge on any atom is 0.411 e. The minimum absolute atomic E-state index is 0.106. The molecule has 0 heterocycles. The first kappa shape index (κ1) is 17.0. The molecule has 0 fully saturated rings. The monoisotopic (exact) mass is 293 g/mol. The van der Waals surface area contributed by atoms with Gasteiger partial charge < -0.3 is 15.4 Å². The van der Waals surface area contributed by atoms with Crippen LogP contribution < -0.4 is 16.0 Å². The molecule has 6 nitrogen and oxygen atoms in total. The average Bonchev–Trinajstić information content (AvgIpc) is 2.38. The molecule has 116 valence electrons. The van der Waals surface area contributed by atoms with Crippen LogP contribution in [0.15, 0.2) is 24.3 Å². The van der Waals surface area contributed by atoms with Crippen molar-refractivity contribution < 1.29 is 14.3 Å². The highest BCUT2D eigenvalue weighted by atomic mass is 16.5. The van der Waals surface area contributed by atoms with Crippen molar-refractivity contribution >= 4 is 23.4 Å². The van der Waals surface area contributed by atoms with Gasteiger partial charge in [0.2, 0.25) is 5.91 Å². The van der Waals surface area contributed by atoms with Crippen molar-refractivity contribution in [1.29, 1.82) is 0 Å². The highest BCUT2D eigenvalue weighted by Gasteiger charge is 2.11. The predicted molar refractivity (Wildman–Crippen MR) is 83.5 cm³/mol. The second-order valence-corrected chi connectivity index (χ2v) is 5.57. The van der Waals surface area contributed by atoms with Gasteiger partial charge in [-0.2, -0.15) is 0 Å². The highest BCUT2D eigenvalue weighted by Crippen LogP contribution is 2.13. The molecule has 0 aliphatic carbocycles. The Bertz CT molecular complexity index is 478. The van der Waals surface area contributed by atoms with E-state index in [9.17, 15) is 9.59 Å². The zero-order chi connectivity index (χ0) is 15.9. The van der Waals surface area contributed by atoms with Crippen LogP contribution in [0.25, 0.3) is 0 Å². The lowest BCUT2D eigenvalue weighted by molar-refractivity contribution is -0.115. The molecule has 1 rings (SSSR count). The number of rotatable bonds is 5. The quantitative estimate of drug-likeness (QED) is 0.779. The molecule has 0 spiro atoms. The number of anilines is 2. The summed E-state index contributed by atoms with van der Waals surface area (Å²) in [6.45, 7) is 8.29. The molecular weight excluding hydrogens is 270 g/mol. The lowest BCUT2D eigenvalue weighted by atomic mass is 10.1. The summed E-state index contributed by atoms with van der Waals surface area (Å²) in [6.07, 6.45) is -0.497. The minimum Gasteiger partial charge on any atom is -0.450 e. The first-order valence-corrected chi connectivity index (χ1v) is 6.89. The van der Waals surface area contributed by atoms with Gasteiger partial charge >= 0.3 is 6.09 Å². The fraction of sp³-hybridized carbons (Fsp3) is 0.467. The maximum absolute atomic E-state index is 11.7. The first-order valence-electron chi connectivity index (χ1n) is 6.89. The summed E-state index contributed by atoms with van der Waals surface area (Å²) in [7, 11) is 0. The second kappa shape index (κ2) is 7.64. The summed E-state index contributed by atoms with van der Waals surface area (Å²) in [6, 6.07) is 6.83. The molecule has 0 radical (unpaired) electrons. The van der Waals surface area contributed by atoms with Gasteiger partial charge in [0.05, 0.1) is 13.2 Å². The Hall–Kier alpha value is -2.08. The summed E-state index contributed by atoms with van der Waals surface area (Å²) >= 11 is 0. The largest absolute Gasteiger partial charge is 0.450 e. The molecule has 0 aliphatic heterocycles. The normalized spacial score (nSPS) is 10.9. The molecule has 0 saturated heterocycles. The van der Waals surface area contributed by atoms with E-state index in [0.29, 0.717) is 18.0 Å². The van der Waals surface area contributed by atoms with Gasteiger partial charge in [-0.25, -0.2) is 4.79 Å². The van der Waals surface area contributed by atoms with Crippen LogP contribution in [-0.2, 0) is 9.53 Å². The third-order valence-corrected chi connectivity index (χ3v) is 2.47. The van der Waals surface area contributed by atoms with E-state index < -0.39 is 6.09 Å². The van der Waals surface area contributed by atoms with E-state index in [1.165, 1.54) is 0 Å². The van der Waals surface area contributed by atoms with Gasteiger partial charge in [0.25, 0.3) is 0 Å². The molecule has 1 aromatic carbocycles. The molecule has 0 aliphatic rings. The lowest BCUT2D eigenvalue weighted by Gasteiger charge is -2.20. The highest BCUT2D eigenvalue weighted by molar-refractivity contribution is 5.92. The zero-order valence-electron chi connectivity index (χ0n) is 12.9. The van der Waals surface area contributed by atoms with E-state index in [0.717, 1.165) is 0 Å². The van der Waals surface area contributed by atoms with Gasteiger partial charge in [0, 0.05) is 16.9 Å². The molecule has 2 amide bonds. The fourth-order valence-corrected chi connectivity index (χ4v) is 1.47. The Morgan fingerprint density at radius 1 is 1.05 bits per heavy atom. The molecule has 0 atom stereocenters. The number of ether oxygens (including phenoxy) is 1. The third-order valence-electron chi connectivity index (χ3n) is 2.47. The summed E-state index contributed by atoms with van der Waals surface area (Å²) < 4.78 is 4.78. The van der Waals surface area contributed by atoms with Crippen LogP contribution in [0.2, 0.25) is 0 Å². The van der Waals surface area contributed by atoms with Crippen molar-refractivity contribution in [3.8, 4) is 0 Å². The van der Waals surface area contributed by atoms with Gasteiger partial charge in [-0.1, -0.05) is 0 Å². The van der Waals surface area contributed by atoms with Crippen LogP contribution >= 0.6 is 0 Å². The average molecular weight is 293 g/mol. The molecule has 6 heteroatoms. The van der Waals surface area contributed by atoms with Crippen molar-refractivity contribution in [2.45, 2.75) is 33.2 Å². The minimum atomic E-state index is -0.497. The Labute approximate surface area is 125 Å². The van der Waals surface area contributed by atoms with Crippen LogP contribution in [0.4, 0.5) is 16.2 Å². The van der Waals surface area contributed by atoms with E-state index >= 15 is 0 Å². The van der Waals surface area contributed by atoms with E-state index in [-0.39, 0.29) is 18.0 Å². The SMILES string of the molecule is CCOC(=O)Nc1ccc(NC(=O)CNC(C)(C)C)cc1.